The zero-order chi connectivity index (χ0) is 22.1. The molecule has 2 N–H and O–H groups in total. The fraction of sp³-hybridized carbons (Fsp3) is 0. The normalized spacial score (nSPS) is 10.9. The number of benzene rings is 2. The lowest BCUT2D eigenvalue weighted by Crippen LogP contribution is -2.16. The van der Waals surface area contributed by atoms with Crippen LogP contribution in [0.5, 0.6) is 0 Å². The molecule has 0 atom stereocenters. The molecule has 3 heterocycles. The average molecular weight is 425 g/mol. The zero-order valence-electron chi connectivity index (χ0n) is 16.5. The number of carbonyl (C=O) groups is 1. The Bertz CT molecular complexity index is 1500. The van der Waals surface area contributed by atoms with Crippen molar-refractivity contribution >= 4 is 22.5 Å². The predicted octanol–water partition coefficient (Wildman–Crippen LogP) is 2.98. The number of aromatic amines is 1. The highest BCUT2D eigenvalue weighted by Crippen LogP contribution is 2.24. The van der Waals surface area contributed by atoms with E-state index >= 15 is 0 Å². The molecule has 5 aromatic rings. The smallest absolute Gasteiger partial charge is 0.372 e. The van der Waals surface area contributed by atoms with Crippen molar-refractivity contribution in [3.8, 4) is 16.9 Å². The van der Waals surface area contributed by atoms with E-state index in [-0.39, 0.29) is 11.1 Å². The second-order valence-corrected chi connectivity index (χ2v) is 6.91. The minimum Gasteiger partial charge on any atom is -0.372 e. The third-order valence-corrected chi connectivity index (χ3v) is 4.84. The molecular weight excluding hydrogens is 410 g/mol. The van der Waals surface area contributed by atoms with Gasteiger partial charge < -0.3 is 9.73 Å². The number of para-hydroxylation sites is 1. The van der Waals surface area contributed by atoms with Gasteiger partial charge in [0.25, 0.3) is 5.91 Å². The van der Waals surface area contributed by atoms with Crippen molar-refractivity contribution in [2.24, 2.45) is 0 Å². The number of anilines is 1. The van der Waals surface area contributed by atoms with Crippen molar-refractivity contribution < 1.29 is 9.21 Å². The molecule has 5 rings (SSSR count). The van der Waals surface area contributed by atoms with Crippen LogP contribution in [0.3, 0.4) is 0 Å². The molecule has 32 heavy (non-hydrogen) atoms. The standard InChI is InChI=1S/C23H15N5O4/c29-21(25-15-6-7-18-17(12-15)22(30)32-23(31)26-18)19-13-20(14-8-10-24-11-9-14)28(27-19)16-4-2-1-3-5-16/h1-13H,(H,25,29)(H,26,31). The van der Waals surface area contributed by atoms with Crippen molar-refractivity contribution in [1.82, 2.24) is 19.7 Å². The van der Waals surface area contributed by atoms with Gasteiger partial charge in [-0.05, 0) is 48.5 Å². The van der Waals surface area contributed by atoms with Crippen molar-refractivity contribution in [1.29, 1.82) is 0 Å². The summed E-state index contributed by atoms with van der Waals surface area (Å²) in [6, 6.07) is 19.3. The van der Waals surface area contributed by atoms with Gasteiger partial charge in [-0.3, -0.25) is 14.8 Å². The number of pyridine rings is 1. The first-order chi connectivity index (χ1) is 15.6. The molecular formula is C23H15N5O4. The Balaban J connectivity index is 1.53. The zero-order valence-corrected chi connectivity index (χ0v) is 16.5. The minimum absolute atomic E-state index is 0.148. The predicted molar refractivity (Wildman–Crippen MR) is 118 cm³/mol. The summed E-state index contributed by atoms with van der Waals surface area (Å²) < 4.78 is 6.24. The van der Waals surface area contributed by atoms with Gasteiger partial charge in [-0.1, -0.05) is 18.2 Å². The maximum absolute atomic E-state index is 13.0. The Morgan fingerprint density at radius 3 is 2.53 bits per heavy atom. The minimum atomic E-state index is -0.839. The molecule has 2 aromatic carbocycles. The van der Waals surface area contributed by atoms with Gasteiger partial charge in [-0.25, -0.2) is 14.3 Å². The van der Waals surface area contributed by atoms with E-state index in [0.717, 1.165) is 16.9 Å². The summed E-state index contributed by atoms with van der Waals surface area (Å²) >= 11 is 0. The van der Waals surface area contributed by atoms with Gasteiger partial charge in [0.1, 0.15) is 0 Å². The molecule has 0 spiro atoms. The number of nitrogens with one attached hydrogen (secondary N) is 2. The van der Waals surface area contributed by atoms with Gasteiger partial charge in [0.05, 0.1) is 22.3 Å². The number of hydrogen-bond acceptors (Lipinski definition) is 6. The molecule has 0 aliphatic heterocycles. The van der Waals surface area contributed by atoms with Crippen molar-refractivity contribution in [3.63, 3.8) is 0 Å². The molecule has 0 aliphatic carbocycles. The molecule has 0 unspecified atom stereocenters. The molecule has 1 amide bonds. The molecule has 0 saturated carbocycles. The summed E-state index contributed by atoms with van der Waals surface area (Å²) in [6.07, 6.45) is 3.34. The van der Waals surface area contributed by atoms with Crippen LogP contribution in [0.4, 0.5) is 5.69 Å². The lowest BCUT2D eigenvalue weighted by atomic mass is 10.1. The van der Waals surface area contributed by atoms with Crippen molar-refractivity contribution in [2.75, 3.05) is 5.32 Å². The van der Waals surface area contributed by atoms with Gasteiger partial charge in [0.15, 0.2) is 5.69 Å². The van der Waals surface area contributed by atoms with Crippen LogP contribution >= 0.6 is 0 Å². The first kappa shape index (κ1) is 19.2. The SMILES string of the molecule is O=C(Nc1ccc2[nH]c(=O)oc(=O)c2c1)c1cc(-c2ccncc2)n(-c2ccccc2)n1. The number of carbonyl (C=O) groups excluding carboxylic acids is 1. The Morgan fingerprint density at radius 1 is 0.969 bits per heavy atom. The molecule has 9 nitrogen and oxygen atoms in total. The third-order valence-electron chi connectivity index (χ3n) is 4.84. The summed E-state index contributed by atoms with van der Waals surface area (Å²) in [5.41, 5.74) is 2.45. The highest BCUT2D eigenvalue weighted by atomic mass is 16.4. The quantitative estimate of drug-likeness (QED) is 0.456. The van der Waals surface area contributed by atoms with Crippen LogP contribution in [0.1, 0.15) is 10.5 Å². The Hall–Kier alpha value is -4.79. The lowest BCUT2D eigenvalue weighted by Gasteiger charge is -2.07. The lowest BCUT2D eigenvalue weighted by molar-refractivity contribution is 0.102. The van der Waals surface area contributed by atoms with Gasteiger partial charge in [-0.15, -0.1) is 0 Å². The fourth-order valence-electron chi connectivity index (χ4n) is 3.36. The number of hydrogen-bond donors (Lipinski definition) is 2. The monoisotopic (exact) mass is 425 g/mol. The summed E-state index contributed by atoms with van der Waals surface area (Å²) in [5, 5.41) is 7.38. The number of rotatable bonds is 4. The summed E-state index contributed by atoms with van der Waals surface area (Å²) in [7, 11) is 0. The third kappa shape index (κ3) is 3.58. The first-order valence-electron chi connectivity index (χ1n) is 9.63. The van der Waals surface area contributed by atoms with Crippen LogP contribution < -0.4 is 16.7 Å². The van der Waals surface area contributed by atoms with E-state index < -0.39 is 17.3 Å². The highest BCUT2D eigenvalue weighted by Gasteiger charge is 2.17. The average Bonchev–Trinajstić information content (AvgIpc) is 3.26. The Morgan fingerprint density at radius 2 is 1.75 bits per heavy atom. The maximum Gasteiger partial charge on any atom is 0.419 e. The summed E-state index contributed by atoms with van der Waals surface area (Å²) in [6.45, 7) is 0. The summed E-state index contributed by atoms with van der Waals surface area (Å²) in [4.78, 5) is 42.7. The Kier molecular flexibility index (Phi) is 4.68. The molecule has 0 fully saturated rings. The molecule has 0 radical (unpaired) electrons. The molecule has 9 heteroatoms. The van der Waals surface area contributed by atoms with Crippen LogP contribution in [-0.2, 0) is 0 Å². The van der Waals surface area contributed by atoms with Gasteiger partial charge in [0.2, 0.25) is 0 Å². The van der Waals surface area contributed by atoms with E-state index in [1.165, 1.54) is 12.1 Å². The van der Waals surface area contributed by atoms with E-state index in [4.69, 9.17) is 0 Å². The van der Waals surface area contributed by atoms with E-state index in [0.29, 0.717) is 11.2 Å². The largest absolute Gasteiger partial charge is 0.419 e. The van der Waals surface area contributed by atoms with Crippen LogP contribution in [0.2, 0.25) is 0 Å². The molecule has 3 aromatic heterocycles. The van der Waals surface area contributed by atoms with E-state index in [2.05, 4.69) is 24.8 Å². The molecule has 0 saturated heterocycles. The van der Waals surface area contributed by atoms with Crippen molar-refractivity contribution in [2.45, 2.75) is 0 Å². The molecule has 0 bridgehead atoms. The van der Waals surface area contributed by atoms with Crippen LogP contribution in [0, 0.1) is 0 Å². The molecule has 0 aliphatic rings. The second-order valence-electron chi connectivity index (χ2n) is 6.91. The Labute approximate surface area is 180 Å². The number of amides is 1. The number of aromatic nitrogens is 4. The number of nitrogens with zero attached hydrogens (tertiary/aromatic N) is 3. The van der Waals surface area contributed by atoms with Gasteiger partial charge >= 0.3 is 11.4 Å². The van der Waals surface area contributed by atoms with Crippen LogP contribution in [0.15, 0.2) is 93.1 Å². The van der Waals surface area contributed by atoms with Crippen LogP contribution in [-0.4, -0.2) is 25.7 Å². The van der Waals surface area contributed by atoms with Crippen molar-refractivity contribution in [3.05, 3.63) is 106 Å². The van der Waals surface area contributed by atoms with E-state index in [9.17, 15) is 14.4 Å². The first-order valence-corrected chi connectivity index (χ1v) is 9.63. The fourth-order valence-corrected chi connectivity index (χ4v) is 3.36. The summed E-state index contributed by atoms with van der Waals surface area (Å²) in [5.74, 6) is -1.29. The van der Waals surface area contributed by atoms with Crippen LogP contribution in [0.25, 0.3) is 27.8 Å². The molecule has 156 valence electrons. The topological polar surface area (TPSA) is 123 Å². The van der Waals surface area contributed by atoms with E-state index in [1.807, 2.05) is 42.5 Å². The maximum atomic E-state index is 13.0. The second kappa shape index (κ2) is 7.80. The van der Waals surface area contributed by atoms with E-state index in [1.54, 1.807) is 29.2 Å². The van der Waals surface area contributed by atoms with Gasteiger partial charge in [-0.2, -0.15) is 5.10 Å². The highest BCUT2D eigenvalue weighted by molar-refractivity contribution is 6.04. The number of fused-ring (bicyclic) bond motifs is 1. The van der Waals surface area contributed by atoms with Gasteiger partial charge in [0, 0.05) is 23.6 Å². The number of H-pyrrole nitrogens is 1.